The summed E-state index contributed by atoms with van der Waals surface area (Å²) >= 11 is 0. The van der Waals surface area contributed by atoms with E-state index in [9.17, 15) is 14.3 Å². The van der Waals surface area contributed by atoms with Gasteiger partial charge in [0.15, 0.2) is 17.2 Å². The lowest BCUT2D eigenvalue weighted by molar-refractivity contribution is 0.0739. The second kappa shape index (κ2) is 5.63. The molecule has 2 aromatic rings. The van der Waals surface area contributed by atoms with Gasteiger partial charge in [-0.25, -0.2) is 4.39 Å². The van der Waals surface area contributed by atoms with E-state index in [1.54, 1.807) is 33.0 Å². The first kappa shape index (κ1) is 14.5. The van der Waals surface area contributed by atoms with E-state index in [2.05, 4.69) is 0 Å². The van der Waals surface area contributed by atoms with Crippen LogP contribution in [-0.2, 0) is 0 Å². The number of aryl methyl sites for hydroxylation is 1. The summed E-state index contributed by atoms with van der Waals surface area (Å²) in [5, 5.41) is 9.86. The monoisotopic (exact) mass is 279 g/mol. The highest BCUT2D eigenvalue weighted by Gasteiger charge is 2.22. The van der Waals surface area contributed by atoms with Crippen LogP contribution < -0.4 is 0 Å². The number of furan rings is 1. The van der Waals surface area contributed by atoms with E-state index in [0.717, 1.165) is 0 Å². The molecule has 5 heteroatoms. The van der Waals surface area contributed by atoms with Crippen LogP contribution in [0.2, 0.25) is 0 Å². The predicted molar refractivity (Wildman–Crippen MR) is 74.2 cm³/mol. The number of aliphatic hydroxyl groups excluding tert-OH is 1. The van der Waals surface area contributed by atoms with Crippen LogP contribution in [0, 0.1) is 12.7 Å². The zero-order valence-corrected chi connectivity index (χ0v) is 11.8. The summed E-state index contributed by atoms with van der Waals surface area (Å²) in [5.41, 5.74) is 0.741. The van der Waals surface area contributed by atoms with Gasteiger partial charge in [-0.15, -0.1) is 0 Å². The zero-order valence-electron chi connectivity index (χ0n) is 11.8. The van der Waals surface area contributed by atoms with Crippen molar-refractivity contribution in [2.75, 3.05) is 13.6 Å². The van der Waals surface area contributed by atoms with Crippen LogP contribution in [0.1, 0.15) is 29.5 Å². The highest BCUT2D eigenvalue weighted by Crippen LogP contribution is 2.27. The van der Waals surface area contributed by atoms with Gasteiger partial charge in [-0.1, -0.05) is 12.1 Å². The zero-order chi connectivity index (χ0) is 14.9. The highest BCUT2D eigenvalue weighted by molar-refractivity contribution is 5.98. The lowest BCUT2D eigenvalue weighted by Crippen LogP contribution is -2.29. The van der Waals surface area contributed by atoms with Crippen molar-refractivity contribution in [1.82, 2.24) is 4.90 Å². The summed E-state index contributed by atoms with van der Waals surface area (Å²) < 4.78 is 19.0. The molecule has 0 spiro atoms. The lowest BCUT2D eigenvalue weighted by Gasteiger charge is -2.16. The molecule has 1 aromatic carbocycles. The maximum absolute atomic E-state index is 13.6. The molecule has 20 heavy (non-hydrogen) atoms. The number of halogens is 1. The Bertz CT molecular complexity index is 633. The smallest absolute Gasteiger partial charge is 0.289 e. The van der Waals surface area contributed by atoms with Gasteiger partial charge in [-0.05, 0) is 26.3 Å². The number of rotatable bonds is 4. The van der Waals surface area contributed by atoms with Gasteiger partial charge in [0.1, 0.15) is 0 Å². The fraction of sp³-hybridized carbons (Fsp3) is 0.400. The summed E-state index contributed by atoms with van der Waals surface area (Å²) in [5.74, 6) is -0.631. The minimum absolute atomic E-state index is 0.109. The SMILES string of the molecule is Cc1c(C(=O)N(C)CCC(C)O)oc2c(F)cccc12. The first-order valence-electron chi connectivity index (χ1n) is 6.53. The van der Waals surface area contributed by atoms with Crippen molar-refractivity contribution < 1.29 is 18.7 Å². The number of amides is 1. The van der Waals surface area contributed by atoms with Gasteiger partial charge in [0.2, 0.25) is 0 Å². The summed E-state index contributed by atoms with van der Waals surface area (Å²) in [6, 6.07) is 4.62. The van der Waals surface area contributed by atoms with Crippen LogP contribution in [0.15, 0.2) is 22.6 Å². The average Bonchev–Trinajstić information content (AvgIpc) is 2.74. The van der Waals surface area contributed by atoms with Crippen molar-refractivity contribution in [1.29, 1.82) is 0 Å². The van der Waals surface area contributed by atoms with E-state index in [1.807, 2.05) is 0 Å². The summed E-state index contributed by atoms with van der Waals surface area (Å²) in [7, 11) is 1.63. The third kappa shape index (κ3) is 2.67. The van der Waals surface area contributed by atoms with Crippen LogP contribution in [0.4, 0.5) is 4.39 Å². The Morgan fingerprint density at radius 3 is 2.80 bits per heavy atom. The molecule has 1 amide bonds. The van der Waals surface area contributed by atoms with Gasteiger partial charge in [0, 0.05) is 24.5 Å². The maximum Gasteiger partial charge on any atom is 0.289 e. The number of benzene rings is 1. The van der Waals surface area contributed by atoms with Crippen molar-refractivity contribution in [2.45, 2.75) is 26.4 Å². The molecule has 0 bridgehead atoms. The highest BCUT2D eigenvalue weighted by atomic mass is 19.1. The third-order valence-electron chi connectivity index (χ3n) is 3.34. The van der Waals surface area contributed by atoms with Crippen molar-refractivity contribution in [3.05, 3.63) is 35.3 Å². The Labute approximate surface area is 116 Å². The Balaban J connectivity index is 2.31. The lowest BCUT2D eigenvalue weighted by atomic mass is 10.1. The number of hydrogen-bond donors (Lipinski definition) is 1. The predicted octanol–water partition coefficient (Wildman–Crippen LogP) is 2.72. The number of nitrogens with zero attached hydrogens (tertiary/aromatic N) is 1. The topological polar surface area (TPSA) is 53.7 Å². The standard InChI is InChI=1S/C15H18FNO3/c1-9(18)7-8-17(3)15(19)13-10(2)11-5-4-6-12(16)14(11)20-13/h4-6,9,18H,7-8H2,1-3H3. The van der Waals surface area contributed by atoms with Crippen molar-refractivity contribution in [3.8, 4) is 0 Å². The molecule has 0 fully saturated rings. The molecule has 108 valence electrons. The molecule has 1 atom stereocenters. The molecular formula is C15H18FNO3. The van der Waals surface area contributed by atoms with E-state index in [1.165, 1.54) is 11.0 Å². The van der Waals surface area contributed by atoms with E-state index >= 15 is 0 Å². The number of fused-ring (bicyclic) bond motifs is 1. The fourth-order valence-corrected chi connectivity index (χ4v) is 2.07. The Hall–Kier alpha value is -1.88. The fourth-order valence-electron chi connectivity index (χ4n) is 2.07. The quantitative estimate of drug-likeness (QED) is 0.936. The summed E-state index contributed by atoms with van der Waals surface area (Å²) in [4.78, 5) is 13.8. The first-order chi connectivity index (χ1) is 9.41. The Morgan fingerprint density at radius 1 is 1.50 bits per heavy atom. The van der Waals surface area contributed by atoms with Crippen molar-refractivity contribution >= 4 is 16.9 Å². The third-order valence-corrected chi connectivity index (χ3v) is 3.34. The Kier molecular flexibility index (Phi) is 4.09. The van der Waals surface area contributed by atoms with Crippen LogP contribution in [0.3, 0.4) is 0 Å². The molecule has 1 heterocycles. The number of carbonyl (C=O) groups excluding carboxylic acids is 1. The average molecular weight is 279 g/mol. The van der Waals surface area contributed by atoms with Gasteiger partial charge in [-0.2, -0.15) is 0 Å². The van der Waals surface area contributed by atoms with Crippen LogP contribution in [0.5, 0.6) is 0 Å². The van der Waals surface area contributed by atoms with Crippen LogP contribution in [-0.4, -0.2) is 35.6 Å². The largest absolute Gasteiger partial charge is 0.448 e. The molecule has 1 unspecified atom stereocenters. The van der Waals surface area contributed by atoms with E-state index in [4.69, 9.17) is 4.42 Å². The van der Waals surface area contributed by atoms with Gasteiger partial charge < -0.3 is 14.4 Å². The summed E-state index contributed by atoms with van der Waals surface area (Å²) in [6.45, 7) is 3.82. The summed E-state index contributed by atoms with van der Waals surface area (Å²) in [6.07, 6.45) is 0.00930. The molecule has 0 aliphatic carbocycles. The van der Waals surface area contributed by atoms with E-state index in [-0.39, 0.29) is 17.3 Å². The molecule has 0 aliphatic rings. The van der Waals surface area contributed by atoms with Gasteiger partial charge in [-0.3, -0.25) is 4.79 Å². The van der Waals surface area contributed by atoms with Crippen LogP contribution >= 0.6 is 0 Å². The van der Waals surface area contributed by atoms with Crippen LogP contribution in [0.25, 0.3) is 11.0 Å². The van der Waals surface area contributed by atoms with Crippen molar-refractivity contribution in [2.24, 2.45) is 0 Å². The maximum atomic E-state index is 13.6. The van der Waals surface area contributed by atoms with Gasteiger partial charge in [0.05, 0.1) is 6.10 Å². The minimum Gasteiger partial charge on any atom is -0.448 e. The normalized spacial score (nSPS) is 12.7. The van der Waals surface area contributed by atoms with Gasteiger partial charge >= 0.3 is 0 Å². The van der Waals surface area contributed by atoms with E-state index < -0.39 is 11.9 Å². The second-order valence-corrected chi connectivity index (χ2v) is 5.04. The second-order valence-electron chi connectivity index (χ2n) is 5.04. The number of para-hydroxylation sites is 1. The molecule has 0 radical (unpaired) electrons. The minimum atomic E-state index is -0.476. The number of aliphatic hydroxyl groups is 1. The molecule has 0 aliphatic heterocycles. The van der Waals surface area contributed by atoms with E-state index in [0.29, 0.717) is 23.9 Å². The molecule has 0 saturated carbocycles. The van der Waals surface area contributed by atoms with Gasteiger partial charge in [0.25, 0.3) is 5.91 Å². The number of carbonyl (C=O) groups is 1. The molecule has 1 aromatic heterocycles. The molecule has 0 saturated heterocycles. The molecule has 2 rings (SSSR count). The molecule has 1 N–H and O–H groups in total. The molecule has 4 nitrogen and oxygen atoms in total. The number of hydrogen-bond acceptors (Lipinski definition) is 3. The molecular weight excluding hydrogens is 261 g/mol. The van der Waals surface area contributed by atoms with Crippen molar-refractivity contribution in [3.63, 3.8) is 0 Å². The Morgan fingerprint density at radius 2 is 2.20 bits per heavy atom. The first-order valence-corrected chi connectivity index (χ1v) is 6.53.